The van der Waals surface area contributed by atoms with Crippen LogP contribution in [-0.2, 0) is 12.8 Å². The first-order valence-corrected chi connectivity index (χ1v) is 9.62. The van der Waals surface area contributed by atoms with Gasteiger partial charge in [0, 0.05) is 14.9 Å². The highest BCUT2D eigenvalue weighted by Gasteiger charge is 2.33. The van der Waals surface area contributed by atoms with E-state index in [0.717, 1.165) is 39.2 Å². The van der Waals surface area contributed by atoms with Crippen LogP contribution in [0.3, 0.4) is 0 Å². The molecule has 1 aliphatic carbocycles. The van der Waals surface area contributed by atoms with Crippen LogP contribution in [0.5, 0.6) is 11.5 Å². The van der Waals surface area contributed by atoms with Crippen molar-refractivity contribution in [1.29, 1.82) is 0 Å². The third-order valence-electron chi connectivity index (χ3n) is 4.75. The van der Waals surface area contributed by atoms with Gasteiger partial charge in [-0.1, -0.05) is 15.9 Å². The molecule has 124 valence electrons. The lowest BCUT2D eigenvalue weighted by Gasteiger charge is -2.27. The zero-order valence-corrected chi connectivity index (χ0v) is 15.2. The van der Waals surface area contributed by atoms with E-state index >= 15 is 0 Å². The molecule has 0 saturated carbocycles. The molecule has 24 heavy (non-hydrogen) atoms. The monoisotopic (exact) mass is 406 g/mol. The molecule has 7 heteroatoms. The number of hydrogen-bond donors (Lipinski definition) is 2. The van der Waals surface area contributed by atoms with Crippen molar-refractivity contribution in [3.05, 3.63) is 38.2 Å². The maximum atomic E-state index is 12.7. The highest BCUT2D eigenvalue weighted by Crippen LogP contribution is 2.44. The average Bonchev–Trinajstić information content (AvgIpc) is 3.17. The number of ether oxygens (including phenoxy) is 2. The standard InChI is InChI=1S/C17H15BrN2O3S/c18-10-6-12-11(22-7-23-12)5-9(10)15-19-16(21)14-8-3-1-2-4-13(8)24-17(14)20-15/h5-6,15,20H,1-4,7H2,(H,19,21). The zero-order chi connectivity index (χ0) is 16.3. The highest BCUT2D eigenvalue weighted by atomic mass is 79.9. The minimum Gasteiger partial charge on any atom is -0.454 e. The van der Waals surface area contributed by atoms with Crippen LogP contribution < -0.4 is 20.1 Å². The van der Waals surface area contributed by atoms with Gasteiger partial charge in [0.15, 0.2) is 11.5 Å². The number of hydrogen-bond acceptors (Lipinski definition) is 5. The number of thiophene rings is 1. The summed E-state index contributed by atoms with van der Waals surface area (Å²) in [7, 11) is 0. The zero-order valence-electron chi connectivity index (χ0n) is 12.8. The van der Waals surface area contributed by atoms with Crippen LogP contribution in [0.15, 0.2) is 16.6 Å². The molecule has 0 bridgehead atoms. The van der Waals surface area contributed by atoms with E-state index in [1.165, 1.54) is 23.3 Å². The van der Waals surface area contributed by atoms with Gasteiger partial charge in [-0.25, -0.2) is 0 Å². The van der Waals surface area contributed by atoms with E-state index < -0.39 is 0 Å². The number of fused-ring (bicyclic) bond motifs is 4. The first-order valence-electron chi connectivity index (χ1n) is 8.01. The van der Waals surface area contributed by atoms with Crippen LogP contribution in [-0.4, -0.2) is 12.7 Å². The van der Waals surface area contributed by atoms with E-state index in [0.29, 0.717) is 5.75 Å². The largest absolute Gasteiger partial charge is 0.454 e. The molecular weight excluding hydrogens is 392 g/mol. The summed E-state index contributed by atoms with van der Waals surface area (Å²) in [5.74, 6) is 1.44. The van der Waals surface area contributed by atoms with E-state index in [9.17, 15) is 4.79 Å². The fourth-order valence-electron chi connectivity index (χ4n) is 3.59. The van der Waals surface area contributed by atoms with Gasteiger partial charge in [-0.15, -0.1) is 11.3 Å². The second-order valence-electron chi connectivity index (χ2n) is 6.19. The quantitative estimate of drug-likeness (QED) is 0.751. The van der Waals surface area contributed by atoms with Crippen molar-refractivity contribution < 1.29 is 14.3 Å². The third kappa shape index (κ3) is 2.14. The van der Waals surface area contributed by atoms with Crippen molar-refractivity contribution in [2.45, 2.75) is 31.8 Å². The van der Waals surface area contributed by atoms with Gasteiger partial charge in [0.05, 0.1) is 5.56 Å². The summed E-state index contributed by atoms with van der Waals surface area (Å²) in [4.78, 5) is 14.1. The number of aryl methyl sites for hydroxylation is 1. The molecule has 0 spiro atoms. The van der Waals surface area contributed by atoms with Crippen molar-refractivity contribution in [3.8, 4) is 11.5 Å². The Bertz CT molecular complexity index is 864. The first-order chi connectivity index (χ1) is 11.7. The van der Waals surface area contributed by atoms with Crippen molar-refractivity contribution in [2.75, 3.05) is 12.1 Å². The SMILES string of the molecule is O=C1NC(c2cc3c(cc2Br)OCO3)Nc2sc3c(c21)CCCC3. The lowest BCUT2D eigenvalue weighted by Crippen LogP contribution is -2.38. The lowest BCUT2D eigenvalue weighted by molar-refractivity contribution is 0.0935. The number of benzene rings is 1. The predicted molar refractivity (Wildman–Crippen MR) is 95.1 cm³/mol. The Hall–Kier alpha value is -1.73. The van der Waals surface area contributed by atoms with Gasteiger partial charge in [0.1, 0.15) is 11.2 Å². The van der Waals surface area contributed by atoms with Crippen LogP contribution in [0.2, 0.25) is 0 Å². The molecule has 1 aromatic heterocycles. The Balaban J connectivity index is 1.54. The van der Waals surface area contributed by atoms with Gasteiger partial charge in [-0.05, 0) is 43.4 Å². The normalized spacial score (nSPS) is 20.9. The smallest absolute Gasteiger partial charge is 0.256 e. The summed E-state index contributed by atoms with van der Waals surface area (Å²) < 4.78 is 11.7. The maximum absolute atomic E-state index is 12.7. The Morgan fingerprint density at radius 1 is 1.12 bits per heavy atom. The summed E-state index contributed by atoms with van der Waals surface area (Å²) in [6, 6.07) is 3.81. The van der Waals surface area contributed by atoms with Crippen LogP contribution in [0.1, 0.15) is 45.4 Å². The topological polar surface area (TPSA) is 59.6 Å². The first kappa shape index (κ1) is 14.6. The molecule has 0 radical (unpaired) electrons. The van der Waals surface area contributed by atoms with Gasteiger partial charge in [-0.3, -0.25) is 4.79 Å². The number of carbonyl (C=O) groups excluding carboxylic acids is 1. The summed E-state index contributed by atoms with van der Waals surface area (Å²) in [5.41, 5.74) is 3.03. The fraction of sp³-hybridized carbons (Fsp3) is 0.353. The molecule has 1 atom stereocenters. The molecule has 0 fully saturated rings. The van der Waals surface area contributed by atoms with E-state index in [2.05, 4.69) is 26.6 Å². The van der Waals surface area contributed by atoms with Crippen molar-refractivity contribution in [2.24, 2.45) is 0 Å². The summed E-state index contributed by atoms with van der Waals surface area (Å²) >= 11 is 5.31. The third-order valence-corrected chi connectivity index (χ3v) is 6.66. The molecule has 3 heterocycles. The minimum atomic E-state index is -0.283. The van der Waals surface area contributed by atoms with E-state index in [-0.39, 0.29) is 18.9 Å². The van der Waals surface area contributed by atoms with Gasteiger partial charge < -0.3 is 20.1 Å². The number of amides is 1. The molecule has 5 rings (SSSR count). The number of rotatable bonds is 1. The summed E-state index contributed by atoms with van der Waals surface area (Å²) in [6.45, 7) is 0.234. The molecule has 2 aliphatic heterocycles. The van der Waals surface area contributed by atoms with Crippen LogP contribution in [0.25, 0.3) is 0 Å². The van der Waals surface area contributed by atoms with Crippen LogP contribution in [0.4, 0.5) is 5.00 Å². The average molecular weight is 407 g/mol. The molecule has 3 aliphatic rings. The Kier molecular flexibility index (Phi) is 3.28. The number of anilines is 1. The molecule has 0 saturated heterocycles. The molecule has 5 nitrogen and oxygen atoms in total. The van der Waals surface area contributed by atoms with E-state index in [4.69, 9.17) is 9.47 Å². The van der Waals surface area contributed by atoms with Gasteiger partial charge >= 0.3 is 0 Å². The summed E-state index contributed by atoms with van der Waals surface area (Å²) in [5, 5.41) is 7.57. The van der Waals surface area contributed by atoms with Crippen molar-refractivity contribution in [1.82, 2.24) is 5.32 Å². The molecule has 1 unspecified atom stereocenters. The van der Waals surface area contributed by atoms with E-state index in [1.807, 2.05) is 12.1 Å². The minimum absolute atomic E-state index is 0.0118. The van der Waals surface area contributed by atoms with Crippen LogP contribution in [0, 0.1) is 0 Å². The Labute approximate surface area is 151 Å². The van der Waals surface area contributed by atoms with Crippen molar-refractivity contribution in [3.63, 3.8) is 0 Å². The summed E-state index contributed by atoms with van der Waals surface area (Å²) in [6.07, 6.45) is 4.19. The predicted octanol–water partition coefficient (Wildman–Crippen LogP) is 3.97. The van der Waals surface area contributed by atoms with Gasteiger partial charge in [-0.2, -0.15) is 0 Å². The van der Waals surface area contributed by atoms with Gasteiger partial charge in [0.25, 0.3) is 5.91 Å². The second-order valence-corrected chi connectivity index (χ2v) is 8.15. The maximum Gasteiger partial charge on any atom is 0.256 e. The Morgan fingerprint density at radius 2 is 1.92 bits per heavy atom. The number of carbonyl (C=O) groups is 1. The highest BCUT2D eigenvalue weighted by molar-refractivity contribution is 9.10. The molecule has 2 aromatic rings. The fourth-order valence-corrected chi connectivity index (χ4v) is 5.45. The van der Waals surface area contributed by atoms with E-state index in [1.54, 1.807) is 11.3 Å². The second kappa shape index (κ2) is 5.39. The number of halogens is 1. The Morgan fingerprint density at radius 3 is 2.79 bits per heavy atom. The molecular formula is C17H15BrN2O3S. The van der Waals surface area contributed by atoms with Gasteiger partial charge in [0.2, 0.25) is 6.79 Å². The number of nitrogens with one attached hydrogen (secondary N) is 2. The lowest BCUT2D eigenvalue weighted by atomic mass is 9.94. The molecule has 1 aromatic carbocycles. The van der Waals surface area contributed by atoms with Crippen LogP contribution >= 0.6 is 27.3 Å². The molecule has 1 amide bonds. The molecule has 2 N–H and O–H groups in total. The van der Waals surface area contributed by atoms with Crippen molar-refractivity contribution >= 4 is 38.2 Å².